The fraction of sp³-hybridized carbons (Fsp3) is 0.600. The maximum Gasteiger partial charge on any atom is 0.384 e. The number of imidazole rings is 1. The van der Waals surface area contributed by atoms with Crippen molar-refractivity contribution >= 4 is 23.1 Å². The molecule has 0 aliphatic carbocycles. The lowest BCUT2D eigenvalue weighted by Crippen LogP contribution is -2.30. The number of aromatic nitrogens is 2. The van der Waals surface area contributed by atoms with E-state index in [1.54, 1.807) is 27.7 Å². The van der Waals surface area contributed by atoms with Crippen molar-refractivity contribution in [2.24, 2.45) is 10.6 Å². The minimum atomic E-state index is -0.671. The average Bonchev–Trinajstić information content (AvgIpc) is 2.68. The molecular weight excluding hydrogens is 260 g/mol. The summed E-state index contributed by atoms with van der Waals surface area (Å²) in [5.74, 6) is -0.227. The molecule has 7 nitrogen and oxygen atoms in total. The van der Waals surface area contributed by atoms with Gasteiger partial charge in [-0.05, 0) is 23.8 Å². The van der Waals surface area contributed by atoms with E-state index in [-0.39, 0.29) is 5.82 Å². The molecule has 1 atom stereocenters. The van der Waals surface area contributed by atoms with Crippen LogP contribution in [0.4, 0.5) is 5.82 Å². The highest BCUT2D eigenvalue weighted by molar-refractivity contribution is 6.21. The Kier molecular flexibility index (Phi) is 3.95. The normalized spacial score (nSPS) is 14.6. The molecule has 1 aromatic heterocycles. The van der Waals surface area contributed by atoms with Crippen LogP contribution in [0.15, 0.2) is 11.5 Å². The summed E-state index contributed by atoms with van der Waals surface area (Å²) in [6.45, 7) is 6.77. The molecule has 1 N–H and O–H groups in total. The number of halogens is 1. The highest BCUT2D eigenvalue weighted by Gasteiger charge is 2.35. The molecule has 18 heavy (non-hydrogen) atoms. The van der Waals surface area contributed by atoms with E-state index in [4.69, 9.17) is 16.8 Å². The molecule has 0 aliphatic rings. The molecule has 100 valence electrons. The van der Waals surface area contributed by atoms with Gasteiger partial charge in [-0.15, -0.1) is 0 Å². The zero-order valence-corrected chi connectivity index (χ0v) is 11.3. The molecule has 0 spiro atoms. The van der Waals surface area contributed by atoms with Gasteiger partial charge < -0.3 is 15.3 Å². The Morgan fingerprint density at radius 3 is 2.67 bits per heavy atom. The first-order valence-electron chi connectivity index (χ1n) is 5.24. The van der Waals surface area contributed by atoms with Crippen molar-refractivity contribution in [1.82, 2.24) is 9.55 Å². The lowest BCUT2D eigenvalue weighted by atomic mass is 9.87. The summed E-state index contributed by atoms with van der Waals surface area (Å²) < 4.78 is 1.49. The van der Waals surface area contributed by atoms with Crippen LogP contribution in [-0.4, -0.2) is 25.4 Å². The quantitative estimate of drug-likeness (QED) is 0.300. The Morgan fingerprint density at radius 2 is 2.28 bits per heavy atom. The van der Waals surface area contributed by atoms with Gasteiger partial charge in [0.05, 0.1) is 5.71 Å². The van der Waals surface area contributed by atoms with E-state index in [0.29, 0.717) is 11.4 Å². The Labute approximate surface area is 109 Å². The predicted octanol–water partition coefficient (Wildman–Crippen LogP) is 2.71. The molecule has 0 saturated carbocycles. The lowest BCUT2D eigenvalue weighted by molar-refractivity contribution is -0.390. The third kappa shape index (κ3) is 2.31. The summed E-state index contributed by atoms with van der Waals surface area (Å²) in [7, 11) is 0. The number of rotatable bonds is 4. The van der Waals surface area contributed by atoms with Crippen molar-refractivity contribution in [3.63, 3.8) is 0 Å². The zero-order chi connectivity index (χ0) is 14.1. The van der Waals surface area contributed by atoms with E-state index in [0.717, 1.165) is 0 Å². The SMILES string of the molecule is CC(=NO)C(C)(C)C(Cl)n1cnc([N+](=O)[O-])c1C. The monoisotopic (exact) mass is 274 g/mol. The van der Waals surface area contributed by atoms with Gasteiger partial charge in [-0.3, -0.25) is 4.57 Å². The maximum absolute atomic E-state index is 10.7. The number of oxime groups is 1. The van der Waals surface area contributed by atoms with E-state index in [2.05, 4.69) is 10.1 Å². The first-order chi connectivity index (χ1) is 8.23. The molecule has 0 bridgehead atoms. The topological polar surface area (TPSA) is 93.6 Å². The number of nitrogens with zero attached hydrogens (tertiary/aromatic N) is 4. The molecule has 1 heterocycles. The smallest absolute Gasteiger partial charge is 0.384 e. The van der Waals surface area contributed by atoms with Crippen LogP contribution in [0.5, 0.6) is 0 Å². The Morgan fingerprint density at radius 1 is 1.72 bits per heavy atom. The standard InChI is InChI=1S/C10H15ClN4O3/c1-6-8(15(17)18)12-5-14(6)9(11)10(3,4)7(2)13-16/h5,9,16H,1-4H3. The molecular formula is C10H15ClN4O3. The van der Waals surface area contributed by atoms with Gasteiger partial charge in [0, 0.05) is 5.41 Å². The van der Waals surface area contributed by atoms with Gasteiger partial charge in [-0.1, -0.05) is 30.6 Å². The van der Waals surface area contributed by atoms with Crippen LogP contribution in [-0.2, 0) is 0 Å². The van der Waals surface area contributed by atoms with E-state index >= 15 is 0 Å². The minimum absolute atomic E-state index is 0.227. The summed E-state index contributed by atoms with van der Waals surface area (Å²) in [6.07, 6.45) is 1.32. The summed E-state index contributed by atoms with van der Waals surface area (Å²) in [4.78, 5) is 13.9. The molecule has 0 amide bonds. The first kappa shape index (κ1) is 14.4. The van der Waals surface area contributed by atoms with Crippen molar-refractivity contribution in [2.75, 3.05) is 0 Å². The fourth-order valence-electron chi connectivity index (χ4n) is 1.47. The van der Waals surface area contributed by atoms with Gasteiger partial charge in [-0.2, -0.15) is 0 Å². The van der Waals surface area contributed by atoms with Crippen LogP contribution < -0.4 is 0 Å². The van der Waals surface area contributed by atoms with Crippen molar-refractivity contribution in [3.05, 3.63) is 22.1 Å². The molecule has 0 fully saturated rings. The molecule has 8 heteroatoms. The number of hydrogen-bond acceptors (Lipinski definition) is 5. The molecule has 1 rings (SSSR count). The van der Waals surface area contributed by atoms with Crippen molar-refractivity contribution in [1.29, 1.82) is 0 Å². The predicted molar refractivity (Wildman–Crippen MR) is 67.2 cm³/mol. The second-order valence-corrected chi connectivity index (χ2v) is 4.97. The van der Waals surface area contributed by atoms with E-state index < -0.39 is 15.8 Å². The maximum atomic E-state index is 10.7. The third-order valence-electron chi connectivity index (χ3n) is 3.11. The molecule has 0 aromatic carbocycles. The first-order valence-corrected chi connectivity index (χ1v) is 5.68. The summed E-state index contributed by atoms with van der Waals surface area (Å²) in [5.41, 5.74) is -0.526. The van der Waals surface area contributed by atoms with Crippen LogP contribution in [0.3, 0.4) is 0 Å². The largest absolute Gasteiger partial charge is 0.411 e. The number of alkyl halides is 1. The molecule has 0 saturated heterocycles. The Bertz CT molecular complexity index is 495. The number of hydrogen-bond donors (Lipinski definition) is 1. The Hall–Kier alpha value is -1.63. The van der Waals surface area contributed by atoms with E-state index in [9.17, 15) is 10.1 Å². The van der Waals surface area contributed by atoms with E-state index in [1.165, 1.54) is 10.9 Å². The zero-order valence-electron chi connectivity index (χ0n) is 10.6. The van der Waals surface area contributed by atoms with Crippen LogP contribution in [0.1, 0.15) is 32.0 Å². The highest BCUT2D eigenvalue weighted by atomic mass is 35.5. The van der Waals surface area contributed by atoms with Gasteiger partial charge >= 0.3 is 5.82 Å². The van der Waals surface area contributed by atoms with Gasteiger partial charge in [0.15, 0.2) is 0 Å². The van der Waals surface area contributed by atoms with Gasteiger partial charge in [-0.25, -0.2) is 0 Å². The number of nitro groups is 1. The van der Waals surface area contributed by atoms with Crippen molar-refractivity contribution < 1.29 is 10.1 Å². The van der Waals surface area contributed by atoms with Crippen LogP contribution >= 0.6 is 11.6 Å². The van der Waals surface area contributed by atoms with E-state index in [1.807, 2.05) is 0 Å². The molecule has 1 unspecified atom stereocenters. The van der Waals surface area contributed by atoms with Crippen LogP contribution in [0, 0.1) is 22.5 Å². The van der Waals surface area contributed by atoms with Gasteiger partial charge in [0.1, 0.15) is 11.2 Å². The fourth-order valence-corrected chi connectivity index (χ4v) is 1.82. The van der Waals surface area contributed by atoms with Crippen molar-refractivity contribution in [3.8, 4) is 0 Å². The third-order valence-corrected chi connectivity index (χ3v) is 3.87. The van der Waals surface area contributed by atoms with Gasteiger partial charge in [0.2, 0.25) is 6.33 Å². The second-order valence-electron chi connectivity index (χ2n) is 4.56. The molecule has 0 radical (unpaired) electrons. The van der Waals surface area contributed by atoms with Gasteiger partial charge in [0.25, 0.3) is 0 Å². The van der Waals surface area contributed by atoms with Crippen molar-refractivity contribution in [2.45, 2.75) is 33.2 Å². The molecule has 1 aromatic rings. The summed E-state index contributed by atoms with van der Waals surface area (Å²) in [5, 5.41) is 22.7. The molecule has 0 aliphatic heterocycles. The summed E-state index contributed by atoms with van der Waals surface area (Å²) >= 11 is 6.30. The second kappa shape index (κ2) is 4.93. The van der Waals surface area contributed by atoms with Crippen LogP contribution in [0.25, 0.3) is 0 Å². The Balaban J connectivity index is 3.20. The van der Waals surface area contributed by atoms with Crippen LogP contribution in [0.2, 0.25) is 0 Å². The highest BCUT2D eigenvalue weighted by Crippen LogP contribution is 2.38. The average molecular weight is 275 g/mol. The minimum Gasteiger partial charge on any atom is -0.411 e. The lowest BCUT2D eigenvalue weighted by Gasteiger charge is -2.29. The summed E-state index contributed by atoms with van der Waals surface area (Å²) in [6, 6.07) is 0.